The second-order valence-corrected chi connectivity index (χ2v) is 6.97. The Bertz CT molecular complexity index is 771. The average molecular weight is 343 g/mol. The molecule has 0 fully saturated rings. The molecule has 1 atom stereocenters. The van der Waals surface area contributed by atoms with Gasteiger partial charge in [0.05, 0.1) is 6.04 Å². The van der Waals surface area contributed by atoms with Crippen LogP contribution >= 0.6 is 0 Å². The van der Waals surface area contributed by atoms with Gasteiger partial charge in [-0.15, -0.1) is 0 Å². The summed E-state index contributed by atoms with van der Waals surface area (Å²) in [7, 11) is 0. The number of rotatable bonds is 4. The van der Waals surface area contributed by atoms with E-state index in [1.165, 1.54) is 24.3 Å². The van der Waals surface area contributed by atoms with E-state index >= 15 is 0 Å². The first kappa shape index (κ1) is 17.3. The van der Waals surface area contributed by atoms with Gasteiger partial charge in [0.2, 0.25) is 0 Å². The SMILES string of the molecule is Cc1ccc2c(c1)OC(C)(C)C[C@H]2NC(=O)COc1ccc(F)cc1. The van der Waals surface area contributed by atoms with Crippen molar-refractivity contribution in [2.24, 2.45) is 0 Å². The monoisotopic (exact) mass is 343 g/mol. The fourth-order valence-electron chi connectivity index (χ4n) is 3.00. The van der Waals surface area contributed by atoms with Crippen LogP contribution in [0.3, 0.4) is 0 Å². The van der Waals surface area contributed by atoms with Crippen LogP contribution < -0.4 is 14.8 Å². The number of benzene rings is 2. The number of nitrogens with one attached hydrogen (secondary N) is 1. The largest absolute Gasteiger partial charge is 0.487 e. The van der Waals surface area contributed by atoms with Crippen molar-refractivity contribution in [1.82, 2.24) is 5.32 Å². The van der Waals surface area contributed by atoms with E-state index < -0.39 is 0 Å². The van der Waals surface area contributed by atoms with E-state index in [4.69, 9.17) is 9.47 Å². The van der Waals surface area contributed by atoms with Crippen LogP contribution in [0.1, 0.15) is 37.4 Å². The van der Waals surface area contributed by atoms with E-state index in [1.807, 2.05) is 39.0 Å². The minimum Gasteiger partial charge on any atom is -0.487 e. The van der Waals surface area contributed by atoms with Gasteiger partial charge < -0.3 is 14.8 Å². The van der Waals surface area contributed by atoms with Crippen LogP contribution in [-0.2, 0) is 4.79 Å². The van der Waals surface area contributed by atoms with Crippen molar-refractivity contribution in [1.29, 1.82) is 0 Å². The third kappa shape index (κ3) is 4.29. The topological polar surface area (TPSA) is 47.6 Å². The molecule has 0 spiro atoms. The first-order chi connectivity index (χ1) is 11.8. The third-order valence-corrected chi connectivity index (χ3v) is 4.15. The van der Waals surface area contributed by atoms with Crippen molar-refractivity contribution >= 4 is 5.91 Å². The summed E-state index contributed by atoms with van der Waals surface area (Å²) in [6, 6.07) is 11.4. The predicted molar refractivity (Wildman–Crippen MR) is 93.3 cm³/mol. The number of carbonyl (C=O) groups excluding carboxylic acids is 1. The Balaban J connectivity index is 1.67. The lowest BCUT2D eigenvalue weighted by Gasteiger charge is -2.38. The Hall–Kier alpha value is -2.56. The van der Waals surface area contributed by atoms with Crippen LogP contribution in [0.2, 0.25) is 0 Å². The maximum atomic E-state index is 12.9. The number of amides is 1. The van der Waals surface area contributed by atoms with Gasteiger partial charge in [-0.2, -0.15) is 0 Å². The van der Waals surface area contributed by atoms with E-state index in [1.54, 1.807) is 0 Å². The summed E-state index contributed by atoms with van der Waals surface area (Å²) in [4.78, 5) is 12.3. The van der Waals surface area contributed by atoms with Gasteiger partial charge in [0.15, 0.2) is 6.61 Å². The highest BCUT2D eigenvalue weighted by atomic mass is 19.1. The van der Waals surface area contributed by atoms with E-state index in [9.17, 15) is 9.18 Å². The van der Waals surface area contributed by atoms with Crippen LogP contribution in [0.25, 0.3) is 0 Å². The van der Waals surface area contributed by atoms with Crippen LogP contribution in [0.15, 0.2) is 42.5 Å². The predicted octanol–water partition coefficient (Wildman–Crippen LogP) is 3.93. The Kier molecular flexibility index (Phi) is 4.66. The van der Waals surface area contributed by atoms with Gasteiger partial charge in [0.25, 0.3) is 5.91 Å². The normalized spacial score (nSPS) is 18.0. The van der Waals surface area contributed by atoms with Crippen molar-refractivity contribution < 1.29 is 18.7 Å². The number of aryl methyl sites for hydroxylation is 1. The molecule has 0 aliphatic carbocycles. The van der Waals surface area contributed by atoms with Gasteiger partial charge in [-0.05, 0) is 56.7 Å². The second-order valence-electron chi connectivity index (χ2n) is 6.97. The molecule has 4 nitrogen and oxygen atoms in total. The first-order valence-corrected chi connectivity index (χ1v) is 8.30. The van der Waals surface area contributed by atoms with Gasteiger partial charge in [-0.3, -0.25) is 4.79 Å². The zero-order valence-corrected chi connectivity index (χ0v) is 14.6. The van der Waals surface area contributed by atoms with E-state index in [0.29, 0.717) is 12.2 Å². The van der Waals surface area contributed by atoms with E-state index in [-0.39, 0.29) is 30.0 Å². The summed E-state index contributed by atoms with van der Waals surface area (Å²) in [6.07, 6.45) is 0.672. The van der Waals surface area contributed by atoms with Gasteiger partial charge >= 0.3 is 0 Å². The molecular weight excluding hydrogens is 321 g/mol. The van der Waals surface area contributed by atoms with Gasteiger partial charge in [-0.25, -0.2) is 4.39 Å². The molecule has 2 aromatic rings. The fourth-order valence-corrected chi connectivity index (χ4v) is 3.00. The summed E-state index contributed by atoms with van der Waals surface area (Å²) in [5.74, 6) is 0.701. The smallest absolute Gasteiger partial charge is 0.258 e. The summed E-state index contributed by atoms with van der Waals surface area (Å²) >= 11 is 0. The Morgan fingerprint density at radius 2 is 2.00 bits per heavy atom. The quantitative estimate of drug-likeness (QED) is 0.915. The average Bonchev–Trinajstić information content (AvgIpc) is 2.52. The van der Waals surface area contributed by atoms with E-state index in [0.717, 1.165) is 16.9 Å². The standard InChI is InChI=1S/C20H22FNO3/c1-13-4-9-16-17(11-20(2,3)25-18(16)10-13)22-19(23)12-24-15-7-5-14(21)6-8-15/h4-10,17H,11-12H2,1-3H3,(H,22,23)/t17-/m1/s1. The molecule has 132 valence electrons. The molecule has 0 saturated heterocycles. The molecule has 1 aliphatic heterocycles. The van der Waals surface area contributed by atoms with Crippen molar-refractivity contribution in [2.45, 2.75) is 38.8 Å². The Morgan fingerprint density at radius 3 is 2.72 bits per heavy atom. The summed E-state index contributed by atoms with van der Waals surface area (Å²) in [6.45, 7) is 5.90. The van der Waals surface area contributed by atoms with Crippen LogP contribution in [-0.4, -0.2) is 18.1 Å². The summed E-state index contributed by atoms with van der Waals surface area (Å²) in [5, 5.41) is 3.01. The highest BCUT2D eigenvalue weighted by molar-refractivity contribution is 5.78. The lowest BCUT2D eigenvalue weighted by atomic mass is 9.89. The highest BCUT2D eigenvalue weighted by Gasteiger charge is 2.34. The maximum Gasteiger partial charge on any atom is 0.258 e. The number of ether oxygens (including phenoxy) is 2. The van der Waals surface area contributed by atoms with Crippen LogP contribution in [0.4, 0.5) is 4.39 Å². The fraction of sp³-hybridized carbons (Fsp3) is 0.350. The number of carbonyl (C=O) groups is 1. The Labute approximate surface area is 147 Å². The number of halogens is 1. The summed E-state index contributed by atoms with van der Waals surface area (Å²) in [5.41, 5.74) is 1.72. The molecule has 25 heavy (non-hydrogen) atoms. The minimum atomic E-state index is -0.365. The first-order valence-electron chi connectivity index (χ1n) is 8.30. The van der Waals surface area contributed by atoms with Gasteiger partial charge in [-0.1, -0.05) is 12.1 Å². The van der Waals surface area contributed by atoms with Gasteiger partial charge in [0, 0.05) is 12.0 Å². The molecule has 5 heteroatoms. The minimum absolute atomic E-state index is 0.120. The summed E-state index contributed by atoms with van der Waals surface area (Å²) < 4.78 is 24.3. The zero-order valence-electron chi connectivity index (χ0n) is 14.6. The van der Waals surface area contributed by atoms with Crippen molar-refractivity contribution in [3.8, 4) is 11.5 Å². The number of hydrogen-bond acceptors (Lipinski definition) is 3. The zero-order chi connectivity index (χ0) is 18.0. The third-order valence-electron chi connectivity index (χ3n) is 4.15. The molecule has 2 aromatic carbocycles. The van der Waals surface area contributed by atoms with E-state index in [2.05, 4.69) is 5.32 Å². The maximum absolute atomic E-state index is 12.9. The Morgan fingerprint density at radius 1 is 1.28 bits per heavy atom. The van der Waals surface area contributed by atoms with Crippen LogP contribution in [0, 0.1) is 12.7 Å². The molecule has 1 heterocycles. The lowest BCUT2D eigenvalue weighted by Crippen LogP contribution is -2.42. The molecule has 3 rings (SSSR count). The van der Waals surface area contributed by atoms with Crippen molar-refractivity contribution in [2.75, 3.05) is 6.61 Å². The molecule has 1 N–H and O–H groups in total. The number of fused-ring (bicyclic) bond motifs is 1. The molecule has 0 saturated carbocycles. The van der Waals surface area contributed by atoms with Crippen molar-refractivity contribution in [3.63, 3.8) is 0 Å². The molecule has 1 aliphatic rings. The molecule has 0 radical (unpaired) electrons. The van der Waals surface area contributed by atoms with Crippen LogP contribution in [0.5, 0.6) is 11.5 Å². The molecule has 0 bridgehead atoms. The molecule has 1 amide bonds. The highest BCUT2D eigenvalue weighted by Crippen LogP contribution is 2.39. The van der Waals surface area contributed by atoms with Crippen molar-refractivity contribution in [3.05, 3.63) is 59.4 Å². The molecule has 0 unspecified atom stereocenters. The lowest BCUT2D eigenvalue weighted by molar-refractivity contribution is -0.124. The molecule has 0 aromatic heterocycles. The second kappa shape index (κ2) is 6.75. The number of hydrogen-bond donors (Lipinski definition) is 1. The van der Waals surface area contributed by atoms with Gasteiger partial charge in [0.1, 0.15) is 22.9 Å². The molecular formula is C20H22FNO3.